The molecule has 1 atom stereocenters. The van der Waals surface area contributed by atoms with Crippen LogP contribution in [-0.4, -0.2) is 24.0 Å². The molecule has 1 unspecified atom stereocenters. The van der Waals surface area contributed by atoms with Gasteiger partial charge in [0.25, 0.3) is 0 Å². The SMILES string of the molecule is O=CC1CCc2cc(C(=O)CCCl)c(Cl)cc2N1. The van der Waals surface area contributed by atoms with Crippen LogP contribution in [0.5, 0.6) is 0 Å². The first-order valence-electron chi connectivity index (χ1n) is 5.79. The molecule has 1 aliphatic heterocycles. The minimum Gasteiger partial charge on any atom is -0.375 e. The van der Waals surface area contributed by atoms with Crippen molar-refractivity contribution < 1.29 is 9.59 Å². The minimum atomic E-state index is -0.169. The molecule has 0 bridgehead atoms. The van der Waals surface area contributed by atoms with E-state index < -0.39 is 0 Å². The van der Waals surface area contributed by atoms with Gasteiger partial charge >= 0.3 is 0 Å². The molecule has 1 aromatic carbocycles. The summed E-state index contributed by atoms with van der Waals surface area (Å²) in [5.41, 5.74) is 2.38. The third kappa shape index (κ3) is 2.68. The molecule has 5 heteroatoms. The lowest BCUT2D eigenvalue weighted by Crippen LogP contribution is -2.26. The number of fused-ring (bicyclic) bond motifs is 1. The molecular formula is C13H13Cl2NO2. The highest BCUT2D eigenvalue weighted by molar-refractivity contribution is 6.34. The Balaban J connectivity index is 2.32. The normalized spacial score (nSPS) is 17.8. The van der Waals surface area contributed by atoms with Crippen molar-refractivity contribution in [3.05, 3.63) is 28.3 Å². The van der Waals surface area contributed by atoms with Crippen molar-refractivity contribution >= 4 is 41.0 Å². The Morgan fingerprint density at radius 3 is 2.94 bits per heavy atom. The molecule has 1 aromatic rings. The molecule has 0 spiro atoms. The van der Waals surface area contributed by atoms with E-state index in [4.69, 9.17) is 23.2 Å². The van der Waals surface area contributed by atoms with E-state index in [9.17, 15) is 9.59 Å². The summed E-state index contributed by atoms with van der Waals surface area (Å²) < 4.78 is 0. The highest BCUT2D eigenvalue weighted by atomic mass is 35.5. The molecule has 1 N–H and O–H groups in total. The molecule has 2 rings (SSSR count). The van der Waals surface area contributed by atoms with Gasteiger partial charge in [0.2, 0.25) is 0 Å². The van der Waals surface area contributed by atoms with Crippen LogP contribution in [0.1, 0.15) is 28.8 Å². The Morgan fingerprint density at radius 1 is 1.50 bits per heavy atom. The Labute approximate surface area is 115 Å². The third-order valence-electron chi connectivity index (χ3n) is 3.04. The predicted octanol–water partition coefficient (Wildman–Crippen LogP) is 3.08. The Hall–Kier alpha value is -1.06. The number of hydrogen-bond donors (Lipinski definition) is 1. The highest BCUT2D eigenvalue weighted by Gasteiger charge is 2.20. The van der Waals surface area contributed by atoms with Gasteiger partial charge in [-0.3, -0.25) is 4.79 Å². The predicted molar refractivity (Wildman–Crippen MR) is 72.9 cm³/mol. The molecule has 1 heterocycles. The number of aryl methyl sites for hydroxylation is 1. The van der Waals surface area contributed by atoms with Crippen LogP contribution in [0, 0.1) is 0 Å². The lowest BCUT2D eigenvalue weighted by atomic mass is 9.95. The minimum absolute atomic E-state index is 0.0460. The zero-order chi connectivity index (χ0) is 13.1. The van der Waals surface area contributed by atoms with Crippen LogP contribution in [0.15, 0.2) is 12.1 Å². The molecule has 0 fully saturated rings. The smallest absolute Gasteiger partial charge is 0.165 e. The molecule has 0 saturated carbocycles. The van der Waals surface area contributed by atoms with Crippen LogP contribution < -0.4 is 5.32 Å². The first-order valence-corrected chi connectivity index (χ1v) is 6.70. The summed E-state index contributed by atoms with van der Waals surface area (Å²) in [6.07, 6.45) is 2.68. The molecule has 0 saturated heterocycles. The number of carbonyl (C=O) groups excluding carboxylic acids is 2. The Kier molecular flexibility index (Phi) is 4.25. The fraction of sp³-hybridized carbons (Fsp3) is 0.385. The van der Waals surface area contributed by atoms with Gasteiger partial charge in [-0.15, -0.1) is 11.6 Å². The summed E-state index contributed by atoms with van der Waals surface area (Å²) in [5, 5.41) is 3.50. The molecule has 0 aliphatic carbocycles. The number of ketones is 1. The molecular weight excluding hydrogens is 273 g/mol. The van der Waals surface area contributed by atoms with Gasteiger partial charge in [0, 0.05) is 23.6 Å². The Morgan fingerprint density at radius 2 is 2.28 bits per heavy atom. The number of halogens is 2. The number of carbonyl (C=O) groups is 2. The molecule has 0 aromatic heterocycles. The van der Waals surface area contributed by atoms with E-state index in [0.717, 1.165) is 30.4 Å². The van der Waals surface area contributed by atoms with E-state index in [-0.39, 0.29) is 24.1 Å². The first-order chi connectivity index (χ1) is 8.65. The second-order valence-corrected chi connectivity index (χ2v) is 5.06. The zero-order valence-corrected chi connectivity index (χ0v) is 11.2. The van der Waals surface area contributed by atoms with Crippen LogP contribution in [0.3, 0.4) is 0 Å². The van der Waals surface area contributed by atoms with Gasteiger partial charge in [0.15, 0.2) is 5.78 Å². The van der Waals surface area contributed by atoms with Crippen molar-refractivity contribution in [3.63, 3.8) is 0 Å². The number of benzene rings is 1. The topological polar surface area (TPSA) is 46.2 Å². The van der Waals surface area contributed by atoms with Crippen LogP contribution in [0.2, 0.25) is 5.02 Å². The maximum absolute atomic E-state index is 11.8. The fourth-order valence-electron chi connectivity index (χ4n) is 2.08. The number of hydrogen-bond acceptors (Lipinski definition) is 3. The largest absolute Gasteiger partial charge is 0.375 e. The van der Waals surface area contributed by atoms with Crippen molar-refractivity contribution in [2.24, 2.45) is 0 Å². The van der Waals surface area contributed by atoms with E-state index in [1.165, 1.54) is 0 Å². The monoisotopic (exact) mass is 285 g/mol. The molecule has 0 amide bonds. The summed E-state index contributed by atoms with van der Waals surface area (Å²) in [4.78, 5) is 22.6. The second-order valence-electron chi connectivity index (χ2n) is 4.28. The first kappa shape index (κ1) is 13.4. The van der Waals surface area contributed by atoms with Gasteiger partial charge in [0.1, 0.15) is 6.29 Å². The van der Waals surface area contributed by atoms with Gasteiger partial charge < -0.3 is 10.1 Å². The van der Waals surface area contributed by atoms with Gasteiger partial charge in [-0.2, -0.15) is 0 Å². The van der Waals surface area contributed by atoms with Crippen molar-refractivity contribution in [1.82, 2.24) is 0 Å². The zero-order valence-electron chi connectivity index (χ0n) is 9.71. The van der Waals surface area contributed by atoms with E-state index in [0.29, 0.717) is 10.6 Å². The summed E-state index contributed by atoms with van der Waals surface area (Å²) >= 11 is 11.7. The van der Waals surface area contributed by atoms with E-state index in [1.807, 2.05) is 0 Å². The summed E-state index contributed by atoms with van der Waals surface area (Å²) in [6.45, 7) is 0. The van der Waals surface area contributed by atoms with Gasteiger partial charge in [-0.05, 0) is 30.5 Å². The van der Waals surface area contributed by atoms with E-state index in [1.54, 1.807) is 12.1 Å². The van der Waals surface area contributed by atoms with E-state index >= 15 is 0 Å². The van der Waals surface area contributed by atoms with Gasteiger partial charge in [0.05, 0.1) is 11.1 Å². The summed E-state index contributed by atoms with van der Waals surface area (Å²) in [6, 6.07) is 3.35. The molecule has 0 radical (unpaired) electrons. The van der Waals surface area contributed by atoms with Crippen molar-refractivity contribution in [2.75, 3.05) is 11.2 Å². The quantitative estimate of drug-likeness (QED) is 0.525. The number of rotatable bonds is 4. The average molecular weight is 286 g/mol. The lowest BCUT2D eigenvalue weighted by Gasteiger charge is -2.24. The van der Waals surface area contributed by atoms with Crippen LogP contribution in [0.25, 0.3) is 0 Å². The van der Waals surface area contributed by atoms with Gasteiger partial charge in [-0.1, -0.05) is 11.6 Å². The number of alkyl halides is 1. The maximum Gasteiger partial charge on any atom is 0.165 e. The average Bonchev–Trinajstić information content (AvgIpc) is 2.37. The number of aldehydes is 1. The van der Waals surface area contributed by atoms with E-state index in [2.05, 4.69) is 5.32 Å². The number of Topliss-reactive ketones (excluding diaryl/α,β-unsaturated/α-hetero) is 1. The summed E-state index contributed by atoms with van der Waals surface area (Å²) in [7, 11) is 0. The maximum atomic E-state index is 11.8. The number of anilines is 1. The van der Waals surface area contributed by atoms with Crippen molar-refractivity contribution in [3.8, 4) is 0 Å². The lowest BCUT2D eigenvalue weighted by molar-refractivity contribution is -0.108. The van der Waals surface area contributed by atoms with Crippen LogP contribution in [-0.2, 0) is 11.2 Å². The molecule has 96 valence electrons. The number of nitrogens with one attached hydrogen (secondary N) is 1. The van der Waals surface area contributed by atoms with Crippen LogP contribution >= 0.6 is 23.2 Å². The third-order valence-corrected chi connectivity index (χ3v) is 3.55. The molecule has 18 heavy (non-hydrogen) atoms. The van der Waals surface area contributed by atoms with Gasteiger partial charge in [-0.25, -0.2) is 0 Å². The Bertz CT molecular complexity index is 488. The fourth-order valence-corrected chi connectivity index (χ4v) is 2.52. The second kappa shape index (κ2) is 5.72. The van der Waals surface area contributed by atoms with Crippen molar-refractivity contribution in [1.29, 1.82) is 0 Å². The van der Waals surface area contributed by atoms with Crippen LogP contribution in [0.4, 0.5) is 5.69 Å². The summed E-state index contributed by atoms with van der Waals surface area (Å²) in [5.74, 6) is 0.243. The standard InChI is InChI=1S/C13H13Cl2NO2/c14-4-3-13(18)10-5-8-1-2-9(7-17)16-12(8)6-11(10)15/h5-7,9,16H,1-4H2. The van der Waals surface area contributed by atoms with Crippen molar-refractivity contribution in [2.45, 2.75) is 25.3 Å². The highest BCUT2D eigenvalue weighted by Crippen LogP contribution is 2.31. The molecule has 3 nitrogen and oxygen atoms in total. The molecule has 1 aliphatic rings.